The number of para-hydroxylation sites is 1. The van der Waals surface area contributed by atoms with Gasteiger partial charge in [-0.05, 0) is 30.9 Å². The average molecular weight is 231 g/mol. The normalized spacial score (nSPS) is 17.6. The fourth-order valence-electron chi connectivity index (χ4n) is 2.52. The molecule has 1 saturated carbocycles. The SMILES string of the molecule is Cn1c(=O)n(C)c2c(CC3(N)CC3)cccc21. The monoisotopic (exact) mass is 231 g/mol. The summed E-state index contributed by atoms with van der Waals surface area (Å²) in [6.45, 7) is 0. The van der Waals surface area contributed by atoms with E-state index in [4.69, 9.17) is 5.73 Å². The molecule has 17 heavy (non-hydrogen) atoms. The Morgan fingerprint density at radius 3 is 2.65 bits per heavy atom. The lowest BCUT2D eigenvalue weighted by Gasteiger charge is -2.10. The first-order valence-corrected chi connectivity index (χ1v) is 5.94. The van der Waals surface area contributed by atoms with E-state index in [2.05, 4.69) is 6.07 Å². The van der Waals surface area contributed by atoms with Crippen molar-refractivity contribution in [3.05, 3.63) is 34.2 Å². The zero-order valence-corrected chi connectivity index (χ0v) is 10.2. The van der Waals surface area contributed by atoms with Crippen molar-refractivity contribution in [3.63, 3.8) is 0 Å². The van der Waals surface area contributed by atoms with Crippen LogP contribution in [-0.2, 0) is 20.5 Å². The quantitative estimate of drug-likeness (QED) is 0.835. The van der Waals surface area contributed by atoms with Crippen molar-refractivity contribution >= 4 is 11.0 Å². The van der Waals surface area contributed by atoms with Crippen LogP contribution in [0.25, 0.3) is 11.0 Å². The Labute approximate surface area is 99.6 Å². The van der Waals surface area contributed by atoms with Gasteiger partial charge in [-0.25, -0.2) is 4.79 Å². The molecule has 1 aliphatic rings. The van der Waals surface area contributed by atoms with Crippen molar-refractivity contribution in [3.8, 4) is 0 Å². The van der Waals surface area contributed by atoms with Crippen molar-refractivity contribution in [1.29, 1.82) is 0 Å². The van der Waals surface area contributed by atoms with Gasteiger partial charge in [0.15, 0.2) is 0 Å². The number of aryl methyl sites for hydroxylation is 2. The van der Waals surface area contributed by atoms with Gasteiger partial charge in [-0.1, -0.05) is 12.1 Å². The Bertz CT molecular complexity index is 646. The van der Waals surface area contributed by atoms with Crippen LogP contribution in [0, 0.1) is 0 Å². The van der Waals surface area contributed by atoms with Crippen molar-refractivity contribution in [1.82, 2.24) is 9.13 Å². The van der Waals surface area contributed by atoms with Gasteiger partial charge in [0.25, 0.3) is 0 Å². The number of nitrogens with zero attached hydrogens (tertiary/aromatic N) is 2. The number of rotatable bonds is 2. The Hall–Kier alpha value is -1.55. The fourth-order valence-corrected chi connectivity index (χ4v) is 2.52. The van der Waals surface area contributed by atoms with Gasteiger partial charge < -0.3 is 5.73 Å². The van der Waals surface area contributed by atoms with Gasteiger partial charge in [0, 0.05) is 19.6 Å². The molecule has 1 aromatic heterocycles. The number of nitrogens with two attached hydrogens (primary N) is 1. The molecule has 0 atom stereocenters. The third kappa shape index (κ3) is 1.52. The zero-order valence-electron chi connectivity index (χ0n) is 10.2. The molecule has 1 fully saturated rings. The summed E-state index contributed by atoms with van der Waals surface area (Å²) in [6, 6.07) is 6.06. The lowest BCUT2D eigenvalue weighted by Crippen LogP contribution is -2.25. The molecule has 0 spiro atoms. The fraction of sp³-hybridized carbons (Fsp3) is 0.462. The first kappa shape index (κ1) is 10.6. The van der Waals surface area contributed by atoms with Crippen LogP contribution < -0.4 is 11.4 Å². The Morgan fingerprint density at radius 1 is 1.29 bits per heavy atom. The van der Waals surface area contributed by atoms with Gasteiger partial charge in [0.2, 0.25) is 0 Å². The lowest BCUT2D eigenvalue weighted by atomic mass is 10.0. The molecule has 1 aromatic carbocycles. The third-order valence-corrected chi connectivity index (χ3v) is 3.80. The maximum Gasteiger partial charge on any atom is 0.328 e. The first-order chi connectivity index (χ1) is 8.02. The van der Waals surface area contributed by atoms with E-state index in [-0.39, 0.29) is 11.2 Å². The maximum atomic E-state index is 11.9. The number of imidazole rings is 1. The van der Waals surface area contributed by atoms with E-state index in [1.807, 2.05) is 26.2 Å². The summed E-state index contributed by atoms with van der Waals surface area (Å²) in [5.74, 6) is 0. The molecule has 4 nitrogen and oxygen atoms in total. The van der Waals surface area contributed by atoms with Crippen molar-refractivity contribution in [2.45, 2.75) is 24.8 Å². The number of fused-ring (bicyclic) bond motifs is 1. The summed E-state index contributed by atoms with van der Waals surface area (Å²) >= 11 is 0. The van der Waals surface area contributed by atoms with Gasteiger partial charge in [-0.3, -0.25) is 9.13 Å². The van der Waals surface area contributed by atoms with Crippen LogP contribution in [0.5, 0.6) is 0 Å². The topological polar surface area (TPSA) is 53.0 Å². The minimum absolute atomic E-state index is 0.0225. The predicted octanol–water partition coefficient (Wildman–Crippen LogP) is 0.911. The summed E-state index contributed by atoms with van der Waals surface area (Å²) in [5.41, 5.74) is 9.36. The van der Waals surface area contributed by atoms with Gasteiger partial charge >= 0.3 is 5.69 Å². The number of hydrogen-bond donors (Lipinski definition) is 1. The number of hydrogen-bond acceptors (Lipinski definition) is 2. The van der Waals surface area contributed by atoms with Crippen LogP contribution in [0.1, 0.15) is 18.4 Å². The summed E-state index contributed by atoms with van der Waals surface area (Å²) in [6.07, 6.45) is 3.04. The van der Waals surface area contributed by atoms with E-state index in [9.17, 15) is 4.79 Å². The van der Waals surface area contributed by atoms with E-state index >= 15 is 0 Å². The second-order valence-electron chi connectivity index (χ2n) is 5.22. The van der Waals surface area contributed by atoms with E-state index in [1.165, 1.54) is 5.56 Å². The van der Waals surface area contributed by atoms with Crippen LogP contribution in [-0.4, -0.2) is 14.7 Å². The second-order valence-corrected chi connectivity index (χ2v) is 5.22. The van der Waals surface area contributed by atoms with Gasteiger partial charge in [-0.15, -0.1) is 0 Å². The number of aromatic nitrogens is 2. The van der Waals surface area contributed by atoms with Crippen LogP contribution >= 0.6 is 0 Å². The van der Waals surface area contributed by atoms with Crippen molar-refractivity contribution in [2.24, 2.45) is 19.8 Å². The minimum Gasteiger partial charge on any atom is -0.325 e. The van der Waals surface area contributed by atoms with Gasteiger partial charge in [0.05, 0.1) is 11.0 Å². The number of benzene rings is 1. The molecule has 0 bridgehead atoms. The van der Waals surface area contributed by atoms with Crippen molar-refractivity contribution < 1.29 is 0 Å². The van der Waals surface area contributed by atoms with Crippen LogP contribution in [0.4, 0.5) is 0 Å². The largest absolute Gasteiger partial charge is 0.328 e. The molecular weight excluding hydrogens is 214 g/mol. The van der Waals surface area contributed by atoms with E-state index in [0.29, 0.717) is 0 Å². The van der Waals surface area contributed by atoms with Crippen LogP contribution in [0.15, 0.2) is 23.0 Å². The first-order valence-electron chi connectivity index (χ1n) is 5.94. The minimum atomic E-state index is -0.0276. The summed E-state index contributed by atoms with van der Waals surface area (Å²) in [7, 11) is 3.63. The molecule has 90 valence electrons. The molecule has 0 amide bonds. The highest BCUT2D eigenvalue weighted by atomic mass is 16.1. The van der Waals surface area contributed by atoms with Gasteiger partial charge in [-0.2, -0.15) is 0 Å². The van der Waals surface area contributed by atoms with E-state index < -0.39 is 0 Å². The summed E-state index contributed by atoms with van der Waals surface area (Å²) in [4.78, 5) is 11.9. The summed E-state index contributed by atoms with van der Waals surface area (Å²) < 4.78 is 3.41. The smallest absolute Gasteiger partial charge is 0.325 e. The highest BCUT2D eigenvalue weighted by molar-refractivity contribution is 5.80. The molecule has 2 aromatic rings. The molecule has 3 rings (SSSR count). The van der Waals surface area contributed by atoms with Gasteiger partial charge in [0.1, 0.15) is 0 Å². The second kappa shape index (κ2) is 3.23. The Kier molecular flexibility index (Phi) is 2.01. The van der Waals surface area contributed by atoms with Crippen LogP contribution in [0.3, 0.4) is 0 Å². The van der Waals surface area contributed by atoms with E-state index in [1.54, 1.807) is 9.13 Å². The molecule has 0 saturated heterocycles. The molecule has 0 aliphatic heterocycles. The lowest BCUT2D eigenvalue weighted by molar-refractivity contribution is 0.672. The molecule has 0 radical (unpaired) electrons. The maximum absolute atomic E-state index is 11.9. The van der Waals surface area contributed by atoms with E-state index in [0.717, 1.165) is 30.3 Å². The Balaban J connectivity index is 2.25. The Morgan fingerprint density at radius 2 is 2.00 bits per heavy atom. The molecule has 0 unspecified atom stereocenters. The average Bonchev–Trinajstić information content (AvgIpc) is 2.98. The predicted molar refractivity (Wildman–Crippen MR) is 68.0 cm³/mol. The molecule has 1 heterocycles. The molecule has 2 N–H and O–H groups in total. The van der Waals surface area contributed by atoms with Crippen molar-refractivity contribution in [2.75, 3.05) is 0 Å². The molecule has 4 heteroatoms. The standard InChI is InChI=1S/C13H17N3O/c1-15-10-5-3-4-9(8-13(14)6-7-13)11(10)16(2)12(15)17/h3-5H,6-8,14H2,1-2H3. The summed E-state index contributed by atoms with van der Waals surface area (Å²) in [5, 5.41) is 0. The zero-order chi connectivity index (χ0) is 12.2. The van der Waals surface area contributed by atoms with Crippen LogP contribution in [0.2, 0.25) is 0 Å². The highest BCUT2D eigenvalue weighted by Gasteiger charge is 2.38. The highest BCUT2D eigenvalue weighted by Crippen LogP contribution is 2.36. The third-order valence-electron chi connectivity index (χ3n) is 3.80. The molecule has 1 aliphatic carbocycles. The molecular formula is C13H17N3O.